The lowest BCUT2D eigenvalue weighted by atomic mass is 9.88. The number of imidazole rings is 1. The van der Waals surface area contributed by atoms with Crippen LogP contribution in [0.1, 0.15) is 38.4 Å². The van der Waals surface area contributed by atoms with Crippen molar-refractivity contribution in [1.29, 1.82) is 0 Å². The van der Waals surface area contributed by atoms with Crippen LogP contribution in [-0.2, 0) is 5.41 Å². The summed E-state index contributed by atoms with van der Waals surface area (Å²) in [7, 11) is 0. The van der Waals surface area contributed by atoms with E-state index in [0.29, 0.717) is 5.52 Å². The summed E-state index contributed by atoms with van der Waals surface area (Å²) in [6, 6.07) is 2.18. The van der Waals surface area contributed by atoms with Crippen LogP contribution in [0.4, 0.5) is 8.78 Å². The molecule has 3 rings (SSSR count). The second-order valence-electron chi connectivity index (χ2n) is 5.14. The molecule has 1 aliphatic carbocycles. The molecule has 1 aromatic heterocycles. The van der Waals surface area contributed by atoms with Gasteiger partial charge in [-0.1, -0.05) is 19.8 Å². The van der Waals surface area contributed by atoms with E-state index in [1.54, 1.807) is 0 Å². The monoisotopic (exact) mass is 236 g/mol. The van der Waals surface area contributed by atoms with Crippen molar-refractivity contribution in [2.75, 3.05) is 0 Å². The number of nitrogens with zero attached hydrogens (tertiary/aromatic N) is 1. The van der Waals surface area contributed by atoms with Gasteiger partial charge < -0.3 is 4.98 Å². The van der Waals surface area contributed by atoms with Gasteiger partial charge in [0.25, 0.3) is 0 Å². The highest BCUT2D eigenvalue weighted by molar-refractivity contribution is 5.76. The van der Waals surface area contributed by atoms with Crippen LogP contribution in [0.25, 0.3) is 11.0 Å². The Hall–Kier alpha value is -1.45. The van der Waals surface area contributed by atoms with Gasteiger partial charge in [0, 0.05) is 11.5 Å². The van der Waals surface area contributed by atoms with Crippen LogP contribution in [0.15, 0.2) is 12.1 Å². The summed E-state index contributed by atoms with van der Waals surface area (Å²) >= 11 is 0. The summed E-state index contributed by atoms with van der Waals surface area (Å²) in [5.41, 5.74) is 0.683. The van der Waals surface area contributed by atoms with E-state index in [2.05, 4.69) is 16.9 Å². The Morgan fingerprint density at radius 1 is 1.24 bits per heavy atom. The number of aromatic nitrogens is 2. The molecule has 2 nitrogen and oxygen atoms in total. The maximum atomic E-state index is 13.5. The number of hydrogen-bond donors (Lipinski definition) is 1. The van der Waals surface area contributed by atoms with E-state index in [1.807, 2.05) is 0 Å². The van der Waals surface area contributed by atoms with Gasteiger partial charge in [0.1, 0.15) is 17.2 Å². The summed E-state index contributed by atoms with van der Waals surface area (Å²) in [5.74, 6) is -0.375. The van der Waals surface area contributed by atoms with Crippen molar-refractivity contribution in [1.82, 2.24) is 9.97 Å². The van der Waals surface area contributed by atoms with Crippen LogP contribution >= 0.6 is 0 Å². The topological polar surface area (TPSA) is 28.7 Å². The minimum absolute atomic E-state index is 0.0120. The molecule has 1 heterocycles. The zero-order valence-corrected chi connectivity index (χ0v) is 9.69. The van der Waals surface area contributed by atoms with Gasteiger partial charge >= 0.3 is 0 Å². The summed E-state index contributed by atoms with van der Waals surface area (Å²) in [5, 5.41) is 0. The van der Waals surface area contributed by atoms with E-state index in [4.69, 9.17) is 0 Å². The zero-order valence-electron chi connectivity index (χ0n) is 9.69. The van der Waals surface area contributed by atoms with Crippen molar-refractivity contribution in [3.8, 4) is 0 Å². The third-order valence-corrected chi connectivity index (χ3v) is 3.78. The molecule has 4 heteroatoms. The van der Waals surface area contributed by atoms with Crippen molar-refractivity contribution in [2.45, 2.75) is 38.0 Å². The molecular weight excluding hydrogens is 222 g/mol. The molecule has 0 amide bonds. The van der Waals surface area contributed by atoms with Gasteiger partial charge in [-0.2, -0.15) is 0 Å². The number of aromatic amines is 1. The predicted molar refractivity (Wildman–Crippen MR) is 61.8 cm³/mol. The van der Waals surface area contributed by atoms with Crippen molar-refractivity contribution in [2.24, 2.45) is 0 Å². The highest BCUT2D eigenvalue weighted by Crippen LogP contribution is 2.39. The van der Waals surface area contributed by atoms with E-state index in [9.17, 15) is 8.78 Å². The van der Waals surface area contributed by atoms with Crippen LogP contribution in [0, 0.1) is 11.6 Å². The number of H-pyrrole nitrogens is 1. The Balaban J connectivity index is 2.16. The van der Waals surface area contributed by atoms with Crippen molar-refractivity contribution < 1.29 is 8.78 Å². The molecule has 0 atom stereocenters. The minimum atomic E-state index is -0.593. The molecule has 1 aliphatic rings. The second-order valence-corrected chi connectivity index (χ2v) is 5.14. The highest BCUT2D eigenvalue weighted by Gasteiger charge is 2.33. The largest absolute Gasteiger partial charge is 0.341 e. The predicted octanol–water partition coefficient (Wildman–Crippen LogP) is 3.67. The SMILES string of the molecule is CC1(c2nc3c(F)cc(F)cc3[nH]2)CCCC1. The first-order chi connectivity index (χ1) is 8.08. The molecule has 90 valence electrons. The van der Waals surface area contributed by atoms with Gasteiger partial charge in [-0.25, -0.2) is 13.8 Å². The van der Waals surface area contributed by atoms with E-state index in [1.165, 1.54) is 18.9 Å². The van der Waals surface area contributed by atoms with Crippen molar-refractivity contribution in [3.63, 3.8) is 0 Å². The molecule has 0 bridgehead atoms. The fourth-order valence-electron chi connectivity index (χ4n) is 2.72. The number of halogens is 2. The Morgan fingerprint density at radius 2 is 1.94 bits per heavy atom. The first kappa shape index (κ1) is 10.7. The maximum Gasteiger partial charge on any atom is 0.153 e. The standard InChI is InChI=1S/C13H14F2N2/c1-13(4-2-3-5-13)12-16-10-7-8(14)6-9(15)11(10)17-12/h6-7H,2-5H2,1H3,(H,16,17). The lowest BCUT2D eigenvalue weighted by Crippen LogP contribution is -2.18. The molecule has 2 aromatic rings. The zero-order chi connectivity index (χ0) is 12.0. The first-order valence-corrected chi connectivity index (χ1v) is 5.94. The molecule has 0 unspecified atom stereocenters. The molecule has 17 heavy (non-hydrogen) atoms. The van der Waals surface area contributed by atoms with Gasteiger partial charge in [-0.3, -0.25) is 0 Å². The number of benzene rings is 1. The third-order valence-electron chi connectivity index (χ3n) is 3.78. The van der Waals surface area contributed by atoms with Crippen LogP contribution < -0.4 is 0 Å². The van der Waals surface area contributed by atoms with E-state index in [0.717, 1.165) is 24.7 Å². The molecule has 0 radical (unpaired) electrons. The Morgan fingerprint density at radius 3 is 2.65 bits per heavy atom. The van der Waals surface area contributed by atoms with Crippen molar-refractivity contribution in [3.05, 3.63) is 29.6 Å². The van der Waals surface area contributed by atoms with E-state index in [-0.39, 0.29) is 10.9 Å². The number of hydrogen-bond acceptors (Lipinski definition) is 1. The Labute approximate surface area is 98.1 Å². The average molecular weight is 236 g/mol. The smallest absolute Gasteiger partial charge is 0.153 e. The third kappa shape index (κ3) is 1.63. The lowest BCUT2D eigenvalue weighted by molar-refractivity contribution is 0.464. The molecule has 0 saturated heterocycles. The average Bonchev–Trinajstić information content (AvgIpc) is 2.84. The van der Waals surface area contributed by atoms with Gasteiger partial charge in [-0.05, 0) is 18.9 Å². The van der Waals surface area contributed by atoms with Crippen LogP contribution in [0.2, 0.25) is 0 Å². The molecule has 1 saturated carbocycles. The minimum Gasteiger partial charge on any atom is -0.341 e. The van der Waals surface area contributed by atoms with Gasteiger partial charge in [-0.15, -0.1) is 0 Å². The van der Waals surface area contributed by atoms with Gasteiger partial charge in [0.15, 0.2) is 5.82 Å². The normalized spacial score (nSPS) is 19.0. The molecular formula is C13H14F2N2. The maximum absolute atomic E-state index is 13.5. The summed E-state index contributed by atoms with van der Waals surface area (Å²) in [6.45, 7) is 2.13. The number of nitrogens with one attached hydrogen (secondary N) is 1. The Kier molecular flexibility index (Phi) is 2.21. The van der Waals surface area contributed by atoms with Gasteiger partial charge in [0.2, 0.25) is 0 Å². The van der Waals surface area contributed by atoms with E-state index < -0.39 is 11.6 Å². The van der Waals surface area contributed by atoms with Crippen LogP contribution in [-0.4, -0.2) is 9.97 Å². The highest BCUT2D eigenvalue weighted by atomic mass is 19.1. The van der Waals surface area contributed by atoms with Crippen LogP contribution in [0.3, 0.4) is 0 Å². The summed E-state index contributed by atoms with van der Waals surface area (Å²) in [4.78, 5) is 7.38. The fourth-order valence-corrected chi connectivity index (χ4v) is 2.72. The molecule has 0 aliphatic heterocycles. The summed E-state index contributed by atoms with van der Waals surface area (Å²) < 4.78 is 26.6. The number of fused-ring (bicyclic) bond motifs is 1. The molecule has 1 N–H and O–H groups in total. The lowest BCUT2D eigenvalue weighted by Gasteiger charge is -2.19. The fraction of sp³-hybridized carbons (Fsp3) is 0.462. The summed E-state index contributed by atoms with van der Waals surface area (Å²) in [6.07, 6.45) is 4.45. The molecule has 0 spiro atoms. The molecule has 1 fully saturated rings. The first-order valence-electron chi connectivity index (χ1n) is 5.94. The van der Waals surface area contributed by atoms with Crippen LogP contribution in [0.5, 0.6) is 0 Å². The molecule has 1 aromatic carbocycles. The number of rotatable bonds is 1. The Bertz CT molecular complexity index is 568. The van der Waals surface area contributed by atoms with Gasteiger partial charge in [0.05, 0.1) is 5.52 Å². The second kappa shape index (κ2) is 3.52. The van der Waals surface area contributed by atoms with E-state index >= 15 is 0 Å². The van der Waals surface area contributed by atoms with Crippen molar-refractivity contribution >= 4 is 11.0 Å². The quantitative estimate of drug-likeness (QED) is 0.804.